The van der Waals surface area contributed by atoms with Crippen LogP contribution in [0.4, 0.5) is 4.79 Å². The Morgan fingerprint density at radius 3 is 2.41 bits per heavy atom. The number of hydrogen-bond acceptors (Lipinski definition) is 2. The van der Waals surface area contributed by atoms with E-state index >= 15 is 0 Å². The van der Waals surface area contributed by atoms with Crippen molar-refractivity contribution in [1.82, 2.24) is 10.6 Å². The third-order valence-corrected chi connectivity index (χ3v) is 3.62. The van der Waals surface area contributed by atoms with Crippen LogP contribution < -0.4 is 10.6 Å². The Morgan fingerprint density at radius 2 is 1.94 bits per heavy atom. The molecule has 1 saturated heterocycles. The number of amides is 3. The van der Waals surface area contributed by atoms with Crippen molar-refractivity contribution in [2.75, 3.05) is 0 Å². The van der Waals surface area contributed by atoms with E-state index in [1.807, 2.05) is 6.92 Å². The van der Waals surface area contributed by atoms with E-state index < -0.39 is 11.6 Å². The highest BCUT2D eigenvalue weighted by molar-refractivity contribution is 6.42. The molecule has 2 rings (SSSR count). The number of urea groups is 1. The summed E-state index contributed by atoms with van der Waals surface area (Å²) in [6, 6.07) is 4.39. The minimum Gasteiger partial charge on any atom is -0.319 e. The van der Waals surface area contributed by atoms with Gasteiger partial charge in [-0.3, -0.25) is 10.1 Å². The average molecular weight is 273 g/mol. The summed E-state index contributed by atoms with van der Waals surface area (Å²) in [5.41, 5.74) is -0.427. The number of nitrogens with one attached hydrogen (secondary N) is 2. The van der Waals surface area contributed by atoms with Gasteiger partial charge < -0.3 is 5.32 Å². The molecule has 0 bridgehead atoms. The maximum atomic E-state index is 11.9. The van der Waals surface area contributed by atoms with Crippen molar-refractivity contribution in [3.8, 4) is 0 Å². The lowest BCUT2D eigenvalue weighted by Crippen LogP contribution is -2.43. The van der Waals surface area contributed by atoms with E-state index in [4.69, 9.17) is 23.2 Å². The Morgan fingerprint density at radius 1 is 1.24 bits per heavy atom. The second-order valence-corrected chi connectivity index (χ2v) is 4.61. The fraction of sp³-hybridized carbons (Fsp3) is 0.273. The van der Waals surface area contributed by atoms with Gasteiger partial charge in [-0.2, -0.15) is 0 Å². The van der Waals surface area contributed by atoms with Gasteiger partial charge in [-0.15, -0.1) is 0 Å². The van der Waals surface area contributed by atoms with Crippen molar-refractivity contribution in [2.45, 2.75) is 18.9 Å². The third-order valence-electron chi connectivity index (χ3n) is 2.88. The molecule has 1 heterocycles. The van der Waals surface area contributed by atoms with E-state index in [2.05, 4.69) is 10.6 Å². The molecule has 4 nitrogen and oxygen atoms in total. The van der Waals surface area contributed by atoms with E-state index in [0.717, 1.165) is 0 Å². The monoisotopic (exact) mass is 272 g/mol. The molecular weight excluding hydrogens is 263 g/mol. The zero-order chi connectivity index (χ0) is 12.6. The summed E-state index contributed by atoms with van der Waals surface area (Å²) in [6.45, 7) is 1.81. The van der Waals surface area contributed by atoms with Crippen LogP contribution in [0.1, 0.15) is 18.9 Å². The maximum absolute atomic E-state index is 11.9. The van der Waals surface area contributed by atoms with Crippen LogP contribution in [0.5, 0.6) is 0 Å². The molecule has 3 amide bonds. The Labute approximate surface area is 108 Å². The standard InChI is InChI=1S/C11H10Cl2N2O2/c1-2-11(9(16)14-10(17)15-11)6-3-4-7(12)8(13)5-6/h3-5H,2H2,1H3,(H2,14,15,16,17). The molecule has 1 aromatic carbocycles. The quantitative estimate of drug-likeness (QED) is 0.813. The highest BCUT2D eigenvalue weighted by Crippen LogP contribution is 2.32. The Kier molecular flexibility index (Phi) is 3.02. The summed E-state index contributed by atoms with van der Waals surface area (Å²) in [5, 5.41) is 5.62. The fourth-order valence-electron chi connectivity index (χ4n) is 1.91. The van der Waals surface area contributed by atoms with Gasteiger partial charge in [0.1, 0.15) is 5.54 Å². The number of benzene rings is 1. The average Bonchev–Trinajstić information content (AvgIpc) is 2.58. The summed E-state index contributed by atoms with van der Waals surface area (Å²) in [6.07, 6.45) is 0.433. The van der Waals surface area contributed by atoms with Gasteiger partial charge >= 0.3 is 6.03 Å². The Hall–Kier alpha value is -1.26. The van der Waals surface area contributed by atoms with Gasteiger partial charge in [-0.1, -0.05) is 36.2 Å². The number of imide groups is 1. The SMILES string of the molecule is CCC1(c2ccc(Cl)c(Cl)c2)NC(=O)NC1=O. The number of halogens is 2. The summed E-state index contributed by atoms with van der Waals surface area (Å²) in [7, 11) is 0. The van der Waals surface area contributed by atoms with Crippen molar-refractivity contribution in [3.63, 3.8) is 0 Å². The highest BCUT2D eigenvalue weighted by atomic mass is 35.5. The second kappa shape index (κ2) is 4.20. The lowest BCUT2D eigenvalue weighted by Gasteiger charge is -2.25. The van der Waals surface area contributed by atoms with Crippen LogP contribution in [0.15, 0.2) is 18.2 Å². The smallest absolute Gasteiger partial charge is 0.319 e. The fourth-order valence-corrected chi connectivity index (χ4v) is 2.21. The molecule has 1 atom stereocenters. The molecule has 1 fully saturated rings. The number of hydrogen-bond donors (Lipinski definition) is 2. The topological polar surface area (TPSA) is 58.2 Å². The summed E-state index contributed by atoms with van der Waals surface area (Å²) in [5.74, 6) is -0.372. The molecule has 6 heteroatoms. The van der Waals surface area contributed by atoms with Crippen molar-refractivity contribution < 1.29 is 9.59 Å². The Bertz CT molecular complexity index is 504. The van der Waals surface area contributed by atoms with Crippen LogP contribution in [0.2, 0.25) is 10.0 Å². The van der Waals surface area contributed by atoms with Crippen LogP contribution in [0.25, 0.3) is 0 Å². The van der Waals surface area contributed by atoms with Crippen LogP contribution in [0, 0.1) is 0 Å². The summed E-state index contributed by atoms with van der Waals surface area (Å²) >= 11 is 11.7. The molecule has 1 aliphatic rings. The molecule has 0 aromatic heterocycles. The summed E-state index contributed by atoms with van der Waals surface area (Å²) < 4.78 is 0. The molecular formula is C11H10Cl2N2O2. The molecule has 0 saturated carbocycles. The molecule has 1 unspecified atom stereocenters. The molecule has 17 heavy (non-hydrogen) atoms. The third kappa shape index (κ3) is 1.87. The lowest BCUT2D eigenvalue weighted by molar-refractivity contribution is -0.124. The van der Waals surface area contributed by atoms with E-state index in [-0.39, 0.29) is 5.91 Å². The van der Waals surface area contributed by atoms with Crippen molar-refractivity contribution in [1.29, 1.82) is 0 Å². The lowest BCUT2D eigenvalue weighted by atomic mass is 9.87. The van der Waals surface area contributed by atoms with Gasteiger partial charge in [-0.05, 0) is 24.1 Å². The predicted octanol–water partition coefficient (Wildman–Crippen LogP) is 2.44. The zero-order valence-electron chi connectivity index (χ0n) is 9.01. The Balaban J connectivity index is 2.52. The maximum Gasteiger partial charge on any atom is 0.322 e. The second-order valence-electron chi connectivity index (χ2n) is 3.80. The summed E-state index contributed by atoms with van der Waals surface area (Å²) in [4.78, 5) is 23.1. The first-order valence-corrected chi connectivity index (χ1v) is 5.84. The zero-order valence-corrected chi connectivity index (χ0v) is 10.5. The van der Waals surface area contributed by atoms with Crippen LogP contribution in [-0.2, 0) is 10.3 Å². The molecule has 0 radical (unpaired) electrons. The minimum absolute atomic E-state index is 0.353. The first kappa shape index (κ1) is 12.2. The van der Waals surface area contributed by atoms with Gasteiger partial charge in [0.15, 0.2) is 0 Å². The van der Waals surface area contributed by atoms with Gasteiger partial charge in [-0.25, -0.2) is 4.79 Å². The van der Waals surface area contributed by atoms with Gasteiger partial charge in [0.25, 0.3) is 5.91 Å². The number of carbonyl (C=O) groups excluding carboxylic acids is 2. The molecule has 1 aliphatic heterocycles. The highest BCUT2D eigenvalue weighted by Gasteiger charge is 2.46. The van der Waals surface area contributed by atoms with Crippen LogP contribution >= 0.6 is 23.2 Å². The van der Waals surface area contributed by atoms with Gasteiger partial charge in [0.05, 0.1) is 10.0 Å². The first-order chi connectivity index (χ1) is 7.99. The molecule has 2 N–H and O–H groups in total. The van der Waals surface area contributed by atoms with Gasteiger partial charge in [0.2, 0.25) is 0 Å². The largest absolute Gasteiger partial charge is 0.322 e. The van der Waals surface area contributed by atoms with Crippen molar-refractivity contribution in [2.24, 2.45) is 0 Å². The van der Waals surface area contributed by atoms with Crippen molar-refractivity contribution in [3.05, 3.63) is 33.8 Å². The number of rotatable bonds is 2. The molecule has 1 aromatic rings. The number of carbonyl (C=O) groups is 2. The van der Waals surface area contributed by atoms with Gasteiger partial charge in [0, 0.05) is 0 Å². The van der Waals surface area contributed by atoms with Crippen LogP contribution in [0.3, 0.4) is 0 Å². The molecule has 0 spiro atoms. The van der Waals surface area contributed by atoms with Crippen LogP contribution in [-0.4, -0.2) is 11.9 Å². The normalized spacial score (nSPS) is 23.5. The first-order valence-electron chi connectivity index (χ1n) is 5.08. The van der Waals surface area contributed by atoms with E-state index in [1.54, 1.807) is 18.2 Å². The van der Waals surface area contributed by atoms with E-state index in [0.29, 0.717) is 22.0 Å². The van der Waals surface area contributed by atoms with Crippen molar-refractivity contribution >= 4 is 35.1 Å². The predicted molar refractivity (Wildman–Crippen MR) is 65.1 cm³/mol. The molecule has 0 aliphatic carbocycles. The van der Waals surface area contributed by atoms with E-state index in [9.17, 15) is 9.59 Å². The molecule has 90 valence electrons. The minimum atomic E-state index is -1.05. The van der Waals surface area contributed by atoms with E-state index in [1.165, 1.54) is 0 Å².